The Morgan fingerprint density at radius 1 is 1.47 bits per heavy atom. The van der Waals surface area contributed by atoms with E-state index in [2.05, 4.69) is 45.5 Å². The van der Waals surface area contributed by atoms with Crippen LogP contribution in [0.15, 0.2) is 28.7 Å². The molecule has 0 bridgehead atoms. The second kappa shape index (κ2) is 6.53. The summed E-state index contributed by atoms with van der Waals surface area (Å²) in [4.78, 5) is 13.4. The molecule has 1 aliphatic carbocycles. The molecule has 1 saturated carbocycles. The lowest BCUT2D eigenvalue weighted by Gasteiger charge is -2.36. The van der Waals surface area contributed by atoms with Crippen molar-refractivity contribution in [2.45, 2.75) is 31.7 Å². The van der Waals surface area contributed by atoms with E-state index < -0.39 is 0 Å². The van der Waals surface area contributed by atoms with Crippen LogP contribution in [0.25, 0.3) is 0 Å². The molecule has 19 heavy (non-hydrogen) atoms. The zero-order valence-corrected chi connectivity index (χ0v) is 13.1. The van der Waals surface area contributed by atoms with Gasteiger partial charge in [0.2, 0.25) is 5.91 Å². The van der Waals surface area contributed by atoms with Gasteiger partial charge in [-0.2, -0.15) is 0 Å². The van der Waals surface area contributed by atoms with Gasteiger partial charge in [0.1, 0.15) is 0 Å². The quantitative estimate of drug-likeness (QED) is 0.903. The van der Waals surface area contributed by atoms with Gasteiger partial charge in [0.25, 0.3) is 0 Å². The number of hydrogen-bond acceptors (Lipinski definition) is 2. The summed E-state index contributed by atoms with van der Waals surface area (Å²) in [5.41, 5.74) is 1.39. The third-order valence-corrected chi connectivity index (χ3v) is 4.39. The van der Waals surface area contributed by atoms with Crippen LogP contribution in [0.3, 0.4) is 0 Å². The van der Waals surface area contributed by atoms with Crippen LogP contribution in [0.5, 0.6) is 0 Å². The van der Waals surface area contributed by atoms with Crippen LogP contribution in [-0.4, -0.2) is 37.0 Å². The molecule has 1 aromatic rings. The van der Waals surface area contributed by atoms with E-state index in [0.29, 0.717) is 18.5 Å². The van der Waals surface area contributed by atoms with Crippen molar-refractivity contribution in [1.29, 1.82) is 0 Å². The average Bonchev–Trinajstić information content (AvgIpc) is 2.35. The highest BCUT2D eigenvalue weighted by atomic mass is 79.9. The average molecular weight is 325 g/mol. The van der Waals surface area contributed by atoms with E-state index in [1.165, 1.54) is 5.56 Å². The lowest BCUT2D eigenvalue weighted by Crippen LogP contribution is -2.45. The van der Waals surface area contributed by atoms with Crippen LogP contribution in [0.2, 0.25) is 0 Å². The lowest BCUT2D eigenvalue weighted by atomic mass is 9.76. The van der Waals surface area contributed by atoms with E-state index in [-0.39, 0.29) is 5.91 Å². The third-order valence-electron chi connectivity index (χ3n) is 3.90. The molecule has 2 rings (SSSR count). The molecule has 3 nitrogen and oxygen atoms in total. The van der Waals surface area contributed by atoms with Crippen molar-refractivity contribution in [2.75, 3.05) is 20.1 Å². The molecule has 1 aromatic carbocycles. The Bertz CT molecular complexity index is 444. The van der Waals surface area contributed by atoms with Gasteiger partial charge in [-0.1, -0.05) is 28.1 Å². The van der Waals surface area contributed by atoms with Crippen molar-refractivity contribution in [1.82, 2.24) is 10.2 Å². The minimum atomic E-state index is 0.174. The maximum Gasteiger partial charge on any atom is 0.236 e. The van der Waals surface area contributed by atoms with E-state index >= 15 is 0 Å². The van der Waals surface area contributed by atoms with Crippen LogP contribution in [0.1, 0.15) is 31.2 Å². The number of carbonyl (C=O) groups excluding carboxylic acids is 1. The summed E-state index contributed by atoms with van der Waals surface area (Å²) in [6.45, 7) is 3.22. The Balaban J connectivity index is 1.73. The Labute approximate surface area is 123 Å². The van der Waals surface area contributed by atoms with Crippen LogP contribution >= 0.6 is 15.9 Å². The Hall–Kier alpha value is -0.870. The molecule has 0 radical (unpaired) electrons. The van der Waals surface area contributed by atoms with E-state index in [1.54, 1.807) is 4.90 Å². The fourth-order valence-electron chi connectivity index (χ4n) is 2.36. The van der Waals surface area contributed by atoms with Gasteiger partial charge in [0.05, 0.1) is 6.54 Å². The molecule has 0 atom stereocenters. The molecule has 4 heteroatoms. The smallest absolute Gasteiger partial charge is 0.236 e. The van der Waals surface area contributed by atoms with Crippen LogP contribution < -0.4 is 5.32 Å². The molecule has 0 saturated heterocycles. The number of halogens is 1. The Kier molecular flexibility index (Phi) is 4.99. The van der Waals surface area contributed by atoms with Crippen LogP contribution in [-0.2, 0) is 4.79 Å². The largest absolute Gasteiger partial charge is 0.345 e. The highest BCUT2D eigenvalue weighted by Gasteiger charge is 2.30. The van der Waals surface area contributed by atoms with E-state index in [9.17, 15) is 4.79 Å². The van der Waals surface area contributed by atoms with Gasteiger partial charge in [0, 0.05) is 24.1 Å². The zero-order chi connectivity index (χ0) is 13.8. The first kappa shape index (κ1) is 14.5. The van der Waals surface area contributed by atoms with Gasteiger partial charge >= 0.3 is 0 Å². The number of benzene rings is 1. The number of carbonyl (C=O) groups is 1. The van der Waals surface area contributed by atoms with Crippen molar-refractivity contribution < 1.29 is 4.79 Å². The first-order valence-electron chi connectivity index (χ1n) is 6.83. The topological polar surface area (TPSA) is 32.3 Å². The number of likely N-dealkylation sites (N-methyl/N-ethyl adjacent to an activating group) is 1. The maximum absolute atomic E-state index is 11.7. The van der Waals surface area contributed by atoms with Crippen molar-refractivity contribution in [3.05, 3.63) is 34.3 Å². The summed E-state index contributed by atoms with van der Waals surface area (Å²) in [7, 11) is 1.84. The van der Waals surface area contributed by atoms with E-state index in [4.69, 9.17) is 0 Å². The summed E-state index contributed by atoms with van der Waals surface area (Å²) < 4.78 is 1.14. The Morgan fingerprint density at radius 3 is 2.84 bits per heavy atom. The SMILES string of the molecule is CCN(C)C(=O)CNC1CC(c2cccc(Br)c2)C1. The summed E-state index contributed by atoms with van der Waals surface area (Å²) in [5.74, 6) is 0.808. The summed E-state index contributed by atoms with van der Waals surface area (Å²) >= 11 is 3.51. The van der Waals surface area contributed by atoms with Gasteiger partial charge < -0.3 is 10.2 Å². The predicted octanol–water partition coefficient (Wildman–Crippen LogP) is 2.76. The molecule has 0 heterocycles. The number of amides is 1. The van der Waals surface area contributed by atoms with E-state index in [1.807, 2.05) is 14.0 Å². The van der Waals surface area contributed by atoms with Gasteiger partial charge in [0.15, 0.2) is 0 Å². The highest BCUT2D eigenvalue weighted by molar-refractivity contribution is 9.10. The minimum Gasteiger partial charge on any atom is -0.345 e. The molecule has 0 aromatic heterocycles. The minimum absolute atomic E-state index is 0.174. The van der Waals surface area contributed by atoms with Crippen LogP contribution in [0, 0.1) is 0 Å². The number of rotatable bonds is 5. The van der Waals surface area contributed by atoms with Crippen molar-refractivity contribution in [3.8, 4) is 0 Å². The highest BCUT2D eigenvalue weighted by Crippen LogP contribution is 2.37. The zero-order valence-electron chi connectivity index (χ0n) is 11.5. The number of nitrogens with zero attached hydrogens (tertiary/aromatic N) is 1. The van der Waals surface area contributed by atoms with Crippen molar-refractivity contribution in [2.24, 2.45) is 0 Å². The molecule has 1 amide bonds. The first-order chi connectivity index (χ1) is 9.10. The third kappa shape index (κ3) is 3.80. The van der Waals surface area contributed by atoms with Crippen LogP contribution in [0.4, 0.5) is 0 Å². The molecular formula is C15H21BrN2O. The number of nitrogens with one attached hydrogen (secondary N) is 1. The van der Waals surface area contributed by atoms with E-state index in [0.717, 1.165) is 23.9 Å². The molecule has 0 spiro atoms. The Morgan fingerprint density at radius 2 is 2.21 bits per heavy atom. The predicted molar refractivity (Wildman–Crippen MR) is 81.2 cm³/mol. The molecule has 1 aliphatic rings. The molecule has 1 N–H and O–H groups in total. The maximum atomic E-state index is 11.7. The van der Waals surface area contributed by atoms with Gasteiger partial charge in [-0.25, -0.2) is 0 Å². The molecule has 1 fully saturated rings. The second-order valence-electron chi connectivity index (χ2n) is 5.21. The fourth-order valence-corrected chi connectivity index (χ4v) is 2.78. The standard InChI is InChI=1S/C15H21BrN2O/c1-3-18(2)15(19)10-17-14-8-12(9-14)11-5-4-6-13(16)7-11/h4-7,12,14,17H,3,8-10H2,1-2H3. The van der Waals surface area contributed by atoms with Gasteiger partial charge in [-0.3, -0.25) is 4.79 Å². The fraction of sp³-hybridized carbons (Fsp3) is 0.533. The van der Waals surface area contributed by atoms with Gasteiger partial charge in [-0.15, -0.1) is 0 Å². The lowest BCUT2D eigenvalue weighted by molar-refractivity contribution is -0.129. The summed E-state index contributed by atoms with van der Waals surface area (Å²) in [6, 6.07) is 8.99. The van der Waals surface area contributed by atoms with Crippen molar-refractivity contribution >= 4 is 21.8 Å². The molecular weight excluding hydrogens is 304 g/mol. The summed E-state index contributed by atoms with van der Waals surface area (Å²) in [6.07, 6.45) is 2.25. The second-order valence-corrected chi connectivity index (χ2v) is 6.12. The molecule has 0 aliphatic heterocycles. The molecule has 0 unspecified atom stereocenters. The first-order valence-corrected chi connectivity index (χ1v) is 7.62. The van der Waals surface area contributed by atoms with Crippen molar-refractivity contribution in [3.63, 3.8) is 0 Å². The van der Waals surface area contributed by atoms with Gasteiger partial charge in [-0.05, 0) is 43.4 Å². The summed E-state index contributed by atoms with van der Waals surface area (Å²) in [5, 5.41) is 3.35. The number of hydrogen-bond donors (Lipinski definition) is 1. The molecule has 104 valence electrons. The monoisotopic (exact) mass is 324 g/mol. The normalized spacial score (nSPS) is 21.8.